The molecular weight excluding hydrogens is 352 g/mol. The first-order chi connectivity index (χ1) is 13.3. The highest BCUT2D eigenvalue weighted by Gasteiger charge is 2.33. The molecule has 0 heterocycles. The minimum absolute atomic E-state index is 0.0861. The largest absolute Gasteiger partial charge is 0.393 e. The summed E-state index contributed by atoms with van der Waals surface area (Å²) in [6, 6.07) is 0. The molecule has 2 N–H and O–H groups in total. The maximum atomic E-state index is 10.8. The van der Waals surface area contributed by atoms with Crippen molar-refractivity contribution in [3.63, 3.8) is 0 Å². The fraction of sp³-hybridized carbons (Fsp3) is 1.00. The summed E-state index contributed by atoms with van der Waals surface area (Å²) >= 11 is 0. The zero-order chi connectivity index (χ0) is 21.0. The van der Waals surface area contributed by atoms with Crippen LogP contribution < -0.4 is 0 Å². The van der Waals surface area contributed by atoms with E-state index in [1.54, 1.807) is 0 Å². The van der Waals surface area contributed by atoms with Gasteiger partial charge in [0.15, 0.2) is 0 Å². The lowest BCUT2D eigenvalue weighted by Gasteiger charge is -2.32. The molecule has 0 aromatic rings. The lowest BCUT2D eigenvalue weighted by Crippen LogP contribution is -2.38. The molecule has 5 atom stereocenters. The van der Waals surface area contributed by atoms with E-state index in [0.29, 0.717) is 25.6 Å². The van der Waals surface area contributed by atoms with Crippen LogP contribution in [0.4, 0.5) is 0 Å². The summed E-state index contributed by atoms with van der Waals surface area (Å²) in [6.45, 7) is 11.8. The highest BCUT2D eigenvalue weighted by molar-refractivity contribution is 4.84. The molecule has 0 aromatic carbocycles. The van der Waals surface area contributed by atoms with Gasteiger partial charge >= 0.3 is 0 Å². The van der Waals surface area contributed by atoms with Gasteiger partial charge in [0.05, 0.1) is 30.5 Å². The molecule has 5 unspecified atom stereocenters. The van der Waals surface area contributed by atoms with Crippen LogP contribution in [0.25, 0.3) is 0 Å². The Balaban J connectivity index is 2.25. The van der Waals surface area contributed by atoms with Gasteiger partial charge in [0.1, 0.15) is 0 Å². The summed E-state index contributed by atoms with van der Waals surface area (Å²) in [5.41, 5.74) is -0.929. The van der Waals surface area contributed by atoms with Gasteiger partial charge in [0.25, 0.3) is 0 Å². The molecule has 0 aromatic heterocycles. The normalized spacial score (nSPS) is 21.1. The third-order valence-electron chi connectivity index (χ3n) is 6.26. The summed E-state index contributed by atoms with van der Waals surface area (Å²) < 4.78 is 12.0. The number of rotatable bonds is 18. The Bertz CT molecular complexity index is 381. The second-order valence-corrected chi connectivity index (χ2v) is 9.61. The van der Waals surface area contributed by atoms with Gasteiger partial charge in [-0.15, -0.1) is 0 Å². The van der Waals surface area contributed by atoms with Crippen molar-refractivity contribution < 1.29 is 19.7 Å². The van der Waals surface area contributed by atoms with E-state index in [-0.39, 0.29) is 12.0 Å². The van der Waals surface area contributed by atoms with Crippen molar-refractivity contribution in [1.82, 2.24) is 0 Å². The van der Waals surface area contributed by atoms with Crippen molar-refractivity contribution in [2.75, 3.05) is 13.2 Å². The number of aliphatic hydroxyl groups is 2. The topological polar surface area (TPSA) is 58.9 Å². The highest BCUT2D eigenvalue weighted by atomic mass is 16.5. The molecule has 168 valence electrons. The molecular formula is C24H48O4. The first-order valence-corrected chi connectivity index (χ1v) is 11.9. The van der Waals surface area contributed by atoms with Crippen LogP contribution in [-0.2, 0) is 9.47 Å². The van der Waals surface area contributed by atoms with Gasteiger partial charge in [-0.2, -0.15) is 0 Å². The molecule has 0 bridgehead atoms. The predicted molar refractivity (Wildman–Crippen MR) is 117 cm³/mol. The second kappa shape index (κ2) is 14.0. The number of ether oxygens (including phenoxy) is 2. The van der Waals surface area contributed by atoms with Gasteiger partial charge in [-0.25, -0.2) is 0 Å². The van der Waals surface area contributed by atoms with Crippen molar-refractivity contribution in [3.8, 4) is 0 Å². The molecule has 1 aliphatic rings. The Labute approximate surface area is 174 Å². The molecule has 0 aliphatic heterocycles. The number of unbranched alkanes of at least 4 members (excludes halogenated alkanes) is 3. The number of hydrogen-bond acceptors (Lipinski definition) is 4. The maximum absolute atomic E-state index is 10.8. The van der Waals surface area contributed by atoms with Gasteiger partial charge in [-0.3, -0.25) is 0 Å². The van der Waals surface area contributed by atoms with Gasteiger partial charge in [-0.1, -0.05) is 66.2 Å². The third-order valence-corrected chi connectivity index (χ3v) is 6.26. The van der Waals surface area contributed by atoms with Crippen molar-refractivity contribution in [2.24, 2.45) is 11.8 Å². The minimum Gasteiger partial charge on any atom is -0.393 e. The van der Waals surface area contributed by atoms with Crippen LogP contribution in [0.15, 0.2) is 0 Å². The highest BCUT2D eigenvalue weighted by Crippen LogP contribution is 2.30. The van der Waals surface area contributed by atoms with Gasteiger partial charge in [-0.05, 0) is 38.0 Å². The number of hydrogen-bond donors (Lipinski definition) is 2. The van der Waals surface area contributed by atoms with Crippen LogP contribution in [-0.4, -0.2) is 47.3 Å². The maximum Gasteiger partial charge on any atom is 0.0839 e. The molecule has 4 nitrogen and oxygen atoms in total. The summed E-state index contributed by atoms with van der Waals surface area (Å²) in [5, 5.41) is 21.1. The van der Waals surface area contributed by atoms with E-state index in [4.69, 9.17) is 9.47 Å². The quantitative estimate of drug-likeness (QED) is 0.299. The molecule has 4 heteroatoms. The van der Waals surface area contributed by atoms with E-state index < -0.39 is 11.7 Å². The summed E-state index contributed by atoms with van der Waals surface area (Å²) in [6.07, 6.45) is 11.4. The van der Waals surface area contributed by atoms with Crippen molar-refractivity contribution in [1.29, 1.82) is 0 Å². The van der Waals surface area contributed by atoms with Crippen LogP contribution in [0.5, 0.6) is 0 Å². The summed E-state index contributed by atoms with van der Waals surface area (Å²) in [5.74, 6) is 1.05. The standard InChI is InChI=1S/C24H48O4/c1-6-19(3)12-10-8-9-11-15-27-18-22(28-21-13-14-21)16-24(5,26)17-23(25)20(4)7-2/h19-23,25-26H,6-18H2,1-5H3. The molecule has 1 fully saturated rings. The van der Waals surface area contributed by atoms with Crippen LogP contribution in [0.2, 0.25) is 0 Å². The zero-order valence-corrected chi connectivity index (χ0v) is 19.3. The molecule has 1 aliphatic carbocycles. The van der Waals surface area contributed by atoms with Crippen molar-refractivity contribution >= 4 is 0 Å². The van der Waals surface area contributed by atoms with Crippen LogP contribution in [0.1, 0.15) is 105 Å². The lowest BCUT2D eigenvalue weighted by molar-refractivity contribution is -0.0873. The molecule has 0 saturated heterocycles. The number of aliphatic hydroxyl groups excluding tert-OH is 1. The Hall–Kier alpha value is -0.160. The Morgan fingerprint density at radius 1 is 1.00 bits per heavy atom. The monoisotopic (exact) mass is 400 g/mol. The van der Waals surface area contributed by atoms with E-state index >= 15 is 0 Å². The average Bonchev–Trinajstić information content (AvgIpc) is 3.45. The lowest BCUT2D eigenvalue weighted by atomic mass is 9.87. The predicted octanol–water partition coefficient (Wildman–Crippen LogP) is 5.49. The molecule has 28 heavy (non-hydrogen) atoms. The zero-order valence-electron chi connectivity index (χ0n) is 19.3. The first-order valence-electron chi connectivity index (χ1n) is 11.9. The van der Waals surface area contributed by atoms with Gasteiger partial charge < -0.3 is 19.7 Å². The van der Waals surface area contributed by atoms with E-state index in [2.05, 4.69) is 20.8 Å². The van der Waals surface area contributed by atoms with Gasteiger partial charge in [0, 0.05) is 19.4 Å². The minimum atomic E-state index is -0.929. The third kappa shape index (κ3) is 12.4. The van der Waals surface area contributed by atoms with Crippen LogP contribution >= 0.6 is 0 Å². The van der Waals surface area contributed by atoms with E-state index in [1.807, 2.05) is 13.8 Å². The summed E-state index contributed by atoms with van der Waals surface area (Å²) in [7, 11) is 0. The average molecular weight is 401 g/mol. The Morgan fingerprint density at radius 2 is 1.68 bits per heavy atom. The Morgan fingerprint density at radius 3 is 2.29 bits per heavy atom. The Kier molecular flexibility index (Phi) is 12.9. The first kappa shape index (κ1) is 25.9. The van der Waals surface area contributed by atoms with Crippen LogP contribution in [0, 0.1) is 11.8 Å². The molecule has 0 radical (unpaired) electrons. The van der Waals surface area contributed by atoms with Crippen LogP contribution in [0.3, 0.4) is 0 Å². The van der Waals surface area contributed by atoms with E-state index in [1.165, 1.54) is 32.1 Å². The smallest absolute Gasteiger partial charge is 0.0839 e. The molecule has 0 spiro atoms. The molecule has 0 amide bonds. The fourth-order valence-corrected chi connectivity index (χ4v) is 3.59. The second-order valence-electron chi connectivity index (χ2n) is 9.61. The van der Waals surface area contributed by atoms with E-state index in [0.717, 1.165) is 38.2 Å². The van der Waals surface area contributed by atoms with Crippen molar-refractivity contribution in [2.45, 2.75) is 129 Å². The van der Waals surface area contributed by atoms with Crippen molar-refractivity contribution in [3.05, 3.63) is 0 Å². The molecule has 1 rings (SSSR count). The molecule has 1 saturated carbocycles. The van der Waals surface area contributed by atoms with Gasteiger partial charge in [0.2, 0.25) is 0 Å². The van der Waals surface area contributed by atoms with E-state index in [9.17, 15) is 10.2 Å². The fourth-order valence-electron chi connectivity index (χ4n) is 3.59. The summed E-state index contributed by atoms with van der Waals surface area (Å²) in [4.78, 5) is 0. The SMILES string of the molecule is CCC(C)CCCCCCOCC(CC(C)(O)CC(O)C(C)CC)OC1CC1.